The molecular formula is C12H10N2. The minimum Gasteiger partial charge on any atom is -0.255 e. The second-order valence-corrected chi connectivity index (χ2v) is 3.49. The lowest BCUT2D eigenvalue weighted by molar-refractivity contribution is 1.32. The Balaban J connectivity index is 2.83. The van der Waals surface area contributed by atoms with Crippen LogP contribution in [0.15, 0.2) is 24.4 Å². The summed E-state index contributed by atoms with van der Waals surface area (Å²) in [5.41, 5.74) is 3.95. The Hall–Kier alpha value is -1.88. The number of hydrogen-bond donors (Lipinski definition) is 0. The standard InChI is InChI=1S/C12H10N2/c1-8-3-9(2)12-11(4-8)5-10(6-13)7-14-12/h3-5,7H,1-2H3. The largest absolute Gasteiger partial charge is 0.255 e. The van der Waals surface area contributed by atoms with Gasteiger partial charge in [-0.15, -0.1) is 0 Å². The lowest BCUT2D eigenvalue weighted by atomic mass is 10.1. The molecule has 1 aromatic carbocycles. The van der Waals surface area contributed by atoms with Crippen LogP contribution in [0.3, 0.4) is 0 Å². The summed E-state index contributed by atoms with van der Waals surface area (Å²) >= 11 is 0. The van der Waals surface area contributed by atoms with Gasteiger partial charge in [0, 0.05) is 11.6 Å². The van der Waals surface area contributed by atoms with Crippen LogP contribution < -0.4 is 0 Å². The van der Waals surface area contributed by atoms with Crippen LogP contribution >= 0.6 is 0 Å². The Morgan fingerprint density at radius 2 is 2.00 bits per heavy atom. The van der Waals surface area contributed by atoms with Crippen LogP contribution in [-0.4, -0.2) is 4.98 Å². The molecule has 0 saturated carbocycles. The predicted octanol–water partition coefficient (Wildman–Crippen LogP) is 2.72. The number of rotatable bonds is 0. The first-order chi connectivity index (χ1) is 6.70. The molecule has 0 amide bonds. The van der Waals surface area contributed by atoms with Gasteiger partial charge in [0.05, 0.1) is 11.1 Å². The molecule has 0 aliphatic rings. The Bertz CT molecular complexity index is 536. The minimum atomic E-state index is 0.613. The van der Waals surface area contributed by atoms with E-state index >= 15 is 0 Å². The van der Waals surface area contributed by atoms with Crippen molar-refractivity contribution in [2.24, 2.45) is 0 Å². The highest BCUT2D eigenvalue weighted by Crippen LogP contribution is 2.18. The topological polar surface area (TPSA) is 36.7 Å². The van der Waals surface area contributed by atoms with Gasteiger partial charge in [0.15, 0.2) is 0 Å². The molecule has 0 fully saturated rings. The molecule has 0 N–H and O–H groups in total. The van der Waals surface area contributed by atoms with Gasteiger partial charge in [-0.05, 0) is 31.5 Å². The molecule has 0 spiro atoms. The molecule has 0 radical (unpaired) electrons. The average Bonchev–Trinajstić information content (AvgIpc) is 2.16. The zero-order chi connectivity index (χ0) is 10.1. The van der Waals surface area contributed by atoms with E-state index in [4.69, 9.17) is 5.26 Å². The molecule has 0 aliphatic carbocycles. The van der Waals surface area contributed by atoms with Crippen molar-refractivity contribution in [1.82, 2.24) is 4.98 Å². The maximum atomic E-state index is 8.75. The maximum absolute atomic E-state index is 8.75. The van der Waals surface area contributed by atoms with E-state index < -0.39 is 0 Å². The molecule has 2 heteroatoms. The fourth-order valence-electron chi connectivity index (χ4n) is 1.68. The highest BCUT2D eigenvalue weighted by Gasteiger charge is 2.01. The Kier molecular flexibility index (Phi) is 1.94. The van der Waals surface area contributed by atoms with Gasteiger partial charge in [-0.3, -0.25) is 4.98 Å². The molecular weight excluding hydrogens is 172 g/mol. The SMILES string of the molecule is Cc1cc(C)c2ncc(C#N)cc2c1. The Morgan fingerprint density at radius 1 is 1.21 bits per heavy atom. The summed E-state index contributed by atoms with van der Waals surface area (Å²) in [4.78, 5) is 4.27. The summed E-state index contributed by atoms with van der Waals surface area (Å²) in [7, 11) is 0. The number of pyridine rings is 1. The van der Waals surface area contributed by atoms with Crippen LogP contribution in [0, 0.1) is 25.2 Å². The fourth-order valence-corrected chi connectivity index (χ4v) is 1.68. The smallest absolute Gasteiger partial charge is 0.101 e. The highest BCUT2D eigenvalue weighted by molar-refractivity contribution is 5.83. The summed E-state index contributed by atoms with van der Waals surface area (Å²) in [5.74, 6) is 0. The van der Waals surface area contributed by atoms with Gasteiger partial charge in [-0.2, -0.15) is 5.26 Å². The molecule has 1 aromatic heterocycles. The summed E-state index contributed by atoms with van der Waals surface area (Å²) in [5, 5.41) is 9.79. The second-order valence-electron chi connectivity index (χ2n) is 3.49. The van der Waals surface area contributed by atoms with Crippen LogP contribution in [-0.2, 0) is 0 Å². The first kappa shape index (κ1) is 8.71. The first-order valence-corrected chi connectivity index (χ1v) is 4.48. The minimum absolute atomic E-state index is 0.613. The monoisotopic (exact) mass is 182 g/mol. The summed E-state index contributed by atoms with van der Waals surface area (Å²) in [6.07, 6.45) is 1.62. The van der Waals surface area contributed by atoms with E-state index in [2.05, 4.69) is 23.2 Å². The van der Waals surface area contributed by atoms with Crippen LogP contribution in [0.5, 0.6) is 0 Å². The van der Waals surface area contributed by atoms with Gasteiger partial charge in [-0.1, -0.05) is 11.6 Å². The van der Waals surface area contributed by atoms with E-state index in [1.54, 1.807) is 6.20 Å². The van der Waals surface area contributed by atoms with Crippen molar-refractivity contribution in [3.05, 3.63) is 41.1 Å². The van der Waals surface area contributed by atoms with E-state index in [0.717, 1.165) is 16.5 Å². The Morgan fingerprint density at radius 3 is 2.71 bits per heavy atom. The van der Waals surface area contributed by atoms with E-state index in [-0.39, 0.29) is 0 Å². The maximum Gasteiger partial charge on any atom is 0.101 e. The first-order valence-electron chi connectivity index (χ1n) is 4.48. The second kappa shape index (κ2) is 3.12. The average molecular weight is 182 g/mol. The van der Waals surface area contributed by atoms with E-state index in [1.165, 1.54) is 5.56 Å². The zero-order valence-electron chi connectivity index (χ0n) is 8.20. The predicted molar refractivity (Wildman–Crippen MR) is 55.9 cm³/mol. The van der Waals surface area contributed by atoms with E-state index in [9.17, 15) is 0 Å². The lowest BCUT2D eigenvalue weighted by Crippen LogP contribution is -1.86. The molecule has 1 heterocycles. The van der Waals surface area contributed by atoms with Crippen molar-refractivity contribution in [2.45, 2.75) is 13.8 Å². The van der Waals surface area contributed by atoms with Gasteiger partial charge in [0.25, 0.3) is 0 Å². The van der Waals surface area contributed by atoms with E-state index in [1.807, 2.05) is 19.9 Å². The van der Waals surface area contributed by atoms with Crippen molar-refractivity contribution in [3.8, 4) is 6.07 Å². The Labute approximate surface area is 82.8 Å². The third-order valence-electron chi connectivity index (χ3n) is 2.25. The fraction of sp³-hybridized carbons (Fsp3) is 0.167. The van der Waals surface area contributed by atoms with Crippen molar-refractivity contribution < 1.29 is 0 Å². The number of benzene rings is 1. The number of nitriles is 1. The van der Waals surface area contributed by atoms with E-state index in [0.29, 0.717) is 5.56 Å². The molecule has 2 nitrogen and oxygen atoms in total. The van der Waals surface area contributed by atoms with Gasteiger partial charge in [0.2, 0.25) is 0 Å². The third-order valence-corrected chi connectivity index (χ3v) is 2.25. The normalized spacial score (nSPS) is 10.1. The molecule has 0 aliphatic heterocycles. The van der Waals surface area contributed by atoms with Crippen LogP contribution in [0.4, 0.5) is 0 Å². The quantitative estimate of drug-likeness (QED) is 0.628. The molecule has 0 unspecified atom stereocenters. The molecule has 2 rings (SSSR count). The van der Waals surface area contributed by atoms with Crippen LogP contribution in [0.2, 0.25) is 0 Å². The summed E-state index contributed by atoms with van der Waals surface area (Å²) < 4.78 is 0. The number of nitrogens with zero attached hydrogens (tertiary/aromatic N) is 2. The summed E-state index contributed by atoms with van der Waals surface area (Å²) in [6, 6.07) is 8.12. The molecule has 0 saturated heterocycles. The zero-order valence-corrected chi connectivity index (χ0v) is 8.20. The molecule has 0 bridgehead atoms. The van der Waals surface area contributed by atoms with Crippen molar-refractivity contribution in [3.63, 3.8) is 0 Å². The molecule has 14 heavy (non-hydrogen) atoms. The van der Waals surface area contributed by atoms with Crippen molar-refractivity contribution >= 4 is 10.9 Å². The van der Waals surface area contributed by atoms with Gasteiger partial charge < -0.3 is 0 Å². The number of aromatic nitrogens is 1. The number of aryl methyl sites for hydroxylation is 2. The molecule has 68 valence electrons. The van der Waals surface area contributed by atoms with Gasteiger partial charge in [-0.25, -0.2) is 0 Å². The summed E-state index contributed by atoms with van der Waals surface area (Å²) in [6.45, 7) is 4.08. The molecule has 0 atom stereocenters. The van der Waals surface area contributed by atoms with Crippen molar-refractivity contribution in [2.75, 3.05) is 0 Å². The van der Waals surface area contributed by atoms with Gasteiger partial charge in [0.1, 0.15) is 6.07 Å². The van der Waals surface area contributed by atoms with Gasteiger partial charge >= 0.3 is 0 Å². The third kappa shape index (κ3) is 1.33. The van der Waals surface area contributed by atoms with Crippen molar-refractivity contribution in [1.29, 1.82) is 5.26 Å². The van der Waals surface area contributed by atoms with Crippen LogP contribution in [0.1, 0.15) is 16.7 Å². The number of hydrogen-bond acceptors (Lipinski definition) is 2. The highest BCUT2D eigenvalue weighted by atomic mass is 14.7. The lowest BCUT2D eigenvalue weighted by Gasteiger charge is -2.02. The number of fused-ring (bicyclic) bond motifs is 1. The van der Waals surface area contributed by atoms with Crippen LogP contribution in [0.25, 0.3) is 10.9 Å². The molecule has 2 aromatic rings.